The molecule has 1 amide bonds. The topological polar surface area (TPSA) is 57.6 Å². The lowest BCUT2D eigenvalue weighted by Crippen LogP contribution is -2.43. The molecule has 0 bridgehead atoms. The van der Waals surface area contributed by atoms with Gasteiger partial charge in [-0.3, -0.25) is 4.79 Å². The molecule has 1 N–H and O–H groups in total. The van der Waals surface area contributed by atoms with Gasteiger partial charge in [0.05, 0.1) is 0 Å². The molecule has 0 spiro atoms. The molecule has 0 saturated carbocycles. The number of carboxylic acid groups (broad SMARTS) is 1. The van der Waals surface area contributed by atoms with Crippen molar-refractivity contribution in [2.75, 3.05) is 18.1 Å². The molecule has 0 aromatic rings. The SMILES string of the molecule is C=CCSSCC(C)C(=O)N1CCCC1C(=O)O. The Morgan fingerprint density at radius 1 is 1.56 bits per heavy atom. The number of hydrogen-bond donors (Lipinski definition) is 1. The zero-order chi connectivity index (χ0) is 13.5. The maximum Gasteiger partial charge on any atom is 0.326 e. The number of rotatable bonds is 7. The quantitative estimate of drug-likeness (QED) is 0.442. The van der Waals surface area contributed by atoms with E-state index in [2.05, 4.69) is 6.58 Å². The Balaban J connectivity index is 2.42. The second-order valence-electron chi connectivity index (χ2n) is 4.29. The lowest BCUT2D eigenvalue weighted by molar-refractivity contribution is -0.149. The van der Waals surface area contributed by atoms with E-state index in [0.29, 0.717) is 18.7 Å². The van der Waals surface area contributed by atoms with Gasteiger partial charge in [0, 0.05) is 24.0 Å². The molecule has 1 heterocycles. The Hall–Kier alpha value is -0.620. The van der Waals surface area contributed by atoms with Crippen LogP contribution in [0.5, 0.6) is 0 Å². The maximum atomic E-state index is 12.1. The number of amides is 1. The van der Waals surface area contributed by atoms with Crippen molar-refractivity contribution in [3.05, 3.63) is 12.7 Å². The fourth-order valence-corrected chi connectivity index (χ4v) is 4.00. The van der Waals surface area contributed by atoms with Gasteiger partial charge in [-0.1, -0.05) is 34.6 Å². The molecule has 0 aromatic carbocycles. The molecular formula is C12H19NO3S2. The smallest absolute Gasteiger partial charge is 0.326 e. The van der Waals surface area contributed by atoms with Gasteiger partial charge >= 0.3 is 5.97 Å². The van der Waals surface area contributed by atoms with Crippen molar-refractivity contribution in [1.82, 2.24) is 4.90 Å². The van der Waals surface area contributed by atoms with Gasteiger partial charge in [-0.25, -0.2) is 4.79 Å². The largest absolute Gasteiger partial charge is 0.480 e. The molecule has 18 heavy (non-hydrogen) atoms. The molecule has 1 rings (SSSR count). The van der Waals surface area contributed by atoms with E-state index in [1.54, 1.807) is 21.6 Å². The summed E-state index contributed by atoms with van der Waals surface area (Å²) in [5.74, 6) is 0.508. The summed E-state index contributed by atoms with van der Waals surface area (Å²) in [7, 11) is 3.29. The summed E-state index contributed by atoms with van der Waals surface area (Å²) < 4.78 is 0. The highest BCUT2D eigenvalue weighted by Crippen LogP contribution is 2.26. The normalized spacial score (nSPS) is 20.7. The molecule has 2 atom stereocenters. The number of carboxylic acids is 1. The Kier molecular flexibility index (Phi) is 6.63. The van der Waals surface area contributed by atoms with Crippen LogP contribution in [0.1, 0.15) is 19.8 Å². The van der Waals surface area contributed by atoms with Gasteiger partial charge in [-0.2, -0.15) is 0 Å². The molecule has 1 fully saturated rings. The van der Waals surface area contributed by atoms with Crippen molar-refractivity contribution >= 4 is 33.5 Å². The van der Waals surface area contributed by atoms with E-state index in [4.69, 9.17) is 5.11 Å². The zero-order valence-electron chi connectivity index (χ0n) is 10.5. The third kappa shape index (κ3) is 4.24. The van der Waals surface area contributed by atoms with Gasteiger partial charge in [0.15, 0.2) is 0 Å². The van der Waals surface area contributed by atoms with E-state index < -0.39 is 12.0 Å². The van der Waals surface area contributed by atoms with E-state index in [1.165, 1.54) is 4.90 Å². The fraction of sp³-hybridized carbons (Fsp3) is 0.667. The molecule has 102 valence electrons. The summed E-state index contributed by atoms with van der Waals surface area (Å²) >= 11 is 0. The predicted molar refractivity (Wildman–Crippen MR) is 76.6 cm³/mol. The molecule has 6 heteroatoms. The lowest BCUT2D eigenvalue weighted by atomic mass is 10.1. The zero-order valence-corrected chi connectivity index (χ0v) is 12.1. The molecule has 0 aromatic heterocycles. The molecule has 4 nitrogen and oxygen atoms in total. The Bertz CT molecular complexity index is 322. The first kappa shape index (κ1) is 15.4. The molecular weight excluding hydrogens is 270 g/mol. The van der Waals surface area contributed by atoms with Crippen LogP contribution in [0.4, 0.5) is 0 Å². The minimum absolute atomic E-state index is 0.0356. The second kappa shape index (κ2) is 7.74. The van der Waals surface area contributed by atoms with Gasteiger partial charge in [-0.15, -0.1) is 6.58 Å². The summed E-state index contributed by atoms with van der Waals surface area (Å²) in [5.41, 5.74) is 0. The van der Waals surface area contributed by atoms with Crippen LogP contribution in [0.2, 0.25) is 0 Å². The van der Waals surface area contributed by atoms with Crippen molar-refractivity contribution in [2.24, 2.45) is 5.92 Å². The summed E-state index contributed by atoms with van der Waals surface area (Å²) in [6.07, 6.45) is 3.19. The number of likely N-dealkylation sites (tertiary alicyclic amines) is 1. The van der Waals surface area contributed by atoms with Gasteiger partial charge in [0.25, 0.3) is 0 Å². The highest BCUT2D eigenvalue weighted by molar-refractivity contribution is 8.76. The van der Waals surface area contributed by atoms with E-state index in [0.717, 1.165) is 12.2 Å². The van der Waals surface area contributed by atoms with Crippen LogP contribution >= 0.6 is 21.6 Å². The standard InChI is InChI=1S/C12H19NO3S2/c1-3-7-17-18-8-9(2)11(14)13-6-4-5-10(13)12(15)16/h3,9-10H,1,4-8H2,2H3,(H,15,16). The Labute approximate surface area is 116 Å². The number of hydrogen-bond acceptors (Lipinski definition) is 4. The molecule has 2 unspecified atom stereocenters. The fourth-order valence-electron chi connectivity index (χ4n) is 1.89. The molecule has 0 radical (unpaired) electrons. The second-order valence-corrected chi connectivity index (χ2v) is 6.84. The monoisotopic (exact) mass is 289 g/mol. The van der Waals surface area contributed by atoms with E-state index in [-0.39, 0.29) is 11.8 Å². The average Bonchev–Trinajstić information content (AvgIpc) is 2.82. The van der Waals surface area contributed by atoms with Crippen molar-refractivity contribution in [3.8, 4) is 0 Å². The number of aliphatic carboxylic acids is 1. The van der Waals surface area contributed by atoms with Crippen LogP contribution in [0.25, 0.3) is 0 Å². The van der Waals surface area contributed by atoms with Crippen molar-refractivity contribution in [3.63, 3.8) is 0 Å². The molecule has 1 aliphatic heterocycles. The van der Waals surface area contributed by atoms with Crippen molar-refractivity contribution in [2.45, 2.75) is 25.8 Å². The summed E-state index contributed by atoms with van der Waals surface area (Å²) in [6.45, 7) is 6.07. The molecule has 1 saturated heterocycles. The average molecular weight is 289 g/mol. The Morgan fingerprint density at radius 3 is 2.89 bits per heavy atom. The summed E-state index contributed by atoms with van der Waals surface area (Å²) in [5, 5.41) is 9.05. The third-order valence-electron chi connectivity index (χ3n) is 2.83. The minimum Gasteiger partial charge on any atom is -0.480 e. The summed E-state index contributed by atoms with van der Waals surface area (Å²) in [6, 6.07) is -0.620. The number of carbonyl (C=O) groups is 2. The van der Waals surface area contributed by atoms with E-state index in [1.807, 2.05) is 13.0 Å². The maximum absolute atomic E-state index is 12.1. The van der Waals surface area contributed by atoms with E-state index in [9.17, 15) is 9.59 Å². The first-order valence-electron chi connectivity index (χ1n) is 5.96. The van der Waals surface area contributed by atoms with Gasteiger partial charge in [0.2, 0.25) is 5.91 Å². The van der Waals surface area contributed by atoms with Crippen LogP contribution < -0.4 is 0 Å². The minimum atomic E-state index is -0.887. The van der Waals surface area contributed by atoms with Crippen LogP contribution in [-0.2, 0) is 9.59 Å². The lowest BCUT2D eigenvalue weighted by Gasteiger charge is -2.24. The highest BCUT2D eigenvalue weighted by Gasteiger charge is 2.35. The van der Waals surface area contributed by atoms with Gasteiger partial charge < -0.3 is 10.0 Å². The van der Waals surface area contributed by atoms with Crippen LogP contribution in [0.15, 0.2) is 12.7 Å². The van der Waals surface area contributed by atoms with Crippen LogP contribution in [-0.4, -0.2) is 46.0 Å². The molecule has 1 aliphatic rings. The van der Waals surface area contributed by atoms with Crippen LogP contribution in [0, 0.1) is 5.92 Å². The Morgan fingerprint density at radius 2 is 2.28 bits per heavy atom. The van der Waals surface area contributed by atoms with Crippen molar-refractivity contribution < 1.29 is 14.7 Å². The molecule has 0 aliphatic carbocycles. The van der Waals surface area contributed by atoms with Crippen molar-refractivity contribution in [1.29, 1.82) is 0 Å². The first-order valence-corrected chi connectivity index (χ1v) is 8.45. The van der Waals surface area contributed by atoms with Crippen LogP contribution in [0.3, 0.4) is 0 Å². The number of carbonyl (C=O) groups excluding carboxylic acids is 1. The van der Waals surface area contributed by atoms with E-state index >= 15 is 0 Å². The number of nitrogens with zero attached hydrogens (tertiary/aromatic N) is 1. The van der Waals surface area contributed by atoms with Gasteiger partial charge in [-0.05, 0) is 12.8 Å². The predicted octanol–water partition coefficient (Wildman–Crippen LogP) is 2.27. The first-order chi connectivity index (χ1) is 8.57. The van der Waals surface area contributed by atoms with Gasteiger partial charge in [0.1, 0.15) is 6.04 Å². The highest BCUT2D eigenvalue weighted by atomic mass is 33.1. The summed E-state index contributed by atoms with van der Waals surface area (Å²) in [4.78, 5) is 24.7. The third-order valence-corrected chi connectivity index (χ3v) is 5.32.